The van der Waals surface area contributed by atoms with Gasteiger partial charge in [-0.25, -0.2) is 0 Å². The second kappa shape index (κ2) is 8.15. The molecule has 6 heteroatoms. The third-order valence-corrected chi connectivity index (χ3v) is 4.89. The summed E-state index contributed by atoms with van der Waals surface area (Å²) in [6.45, 7) is 4.53. The van der Waals surface area contributed by atoms with Gasteiger partial charge < -0.3 is 10.1 Å². The van der Waals surface area contributed by atoms with E-state index >= 15 is 0 Å². The van der Waals surface area contributed by atoms with Gasteiger partial charge in [0.05, 0.1) is 7.11 Å². The quantitative estimate of drug-likeness (QED) is 0.585. The number of methoxy groups -OCH3 is 1. The van der Waals surface area contributed by atoms with Crippen molar-refractivity contribution in [2.75, 3.05) is 7.11 Å². The zero-order chi connectivity index (χ0) is 16.8. The molecule has 1 aliphatic carbocycles. The summed E-state index contributed by atoms with van der Waals surface area (Å²) in [5, 5.41) is 3.77. The van der Waals surface area contributed by atoms with E-state index in [1.807, 2.05) is 0 Å². The summed E-state index contributed by atoms with van der Waals surface area (Å²) in [5.41, 5.74) is 5.94. The minimum Gasteiger partial charge on any atom is -0.497 e. The average Bonchev–Trinajstić information content (AvgIpc) is 2.57. The van der Waals surface area contributed by atoms with E-state index in [1.54, 1.807) is 31.4 Å². The molecule has 0 saturated heterocycles. The van der Waals surface area contributed by atoms with Gasteiger partial charge >= 0.3 is 0 Å². The van der Waals surface area contributed by atoms with Crippen molar-refractivity contribution < 1.29 is 9.53 Å². The van der Waals surface area contributed by atoms with Crippen molar-refractivity contribution in [2.24, 2.45) is 11.8 Å². The molecule has 0 spiro atoms. The Bertz CT molecular complexity index is 547. The van der Waals surface area contributed by atoms with Crippen molar-refractivity contribution in [3.05, 3.63) is 29.8 Å². The summed E-state index contributed by atoms with van der Waals surface area (Å²) in [4.78, 5) is 12.1. The number of nitrogens with one attached hydrogen (secondary N) is 3. The Morgan fingerprint density at radius 1 is 1.17 bits per heavy atom. The summed E-state index contributed by atoms with van der Waals surface area (Å²) < 4.78 is 5.07. The van der Waals surface area contributed by atoms with Crippen LogP contribution in [0.4, 0.5) is 0 Å². The van der Waals surface area contributed by atoms with Crippen molar-refractivity contribution in [3.8, 4) is 5.75 Å². The molecule has 0 aromatic heterocycles. The van der Waals surface area contributed by atoms with Gasteiger partial charge in [-0.3, -0.25) is 15.6 Å². The van der Waals surface area contributed by atoms with Gasteiger partial charge in [-0.15, -0.1) is 0 Å². The summed E-state index contributed by atoms with van der Waals surface area (Å²) in [5.74, 6) is 1.74. The third-order valence-electron chi connectivity index (χ3n) is 4.67. The van der Waals surface area contributed by atoms with Gasteiger partial charge in [0, 0.05) is 11.6 Å². The second-order valence-electron chi connectivity index (χ2n) is 6.15. The molecule has 1 aromatic carbocycles. The van der Waals surface area contributed by atoms with Crippen LogP contribution >= 0.6 is 12.2 Å². The molecular formula is C17H25N3O2S. The number of hydrogen-bond donors (Lipinski definition) is 3. The first-order chi connectivity index (χ1) is 11.0. The Morgan fingerprint density at radius 2 is 1.87 bits per heavy atom. The number of rotatable bonds is 3. The largest absolute Gasteiger partial charge is 0.497 e. The van der Waals surface area contributed by atoms with Gasteiger partial charge in [0.25, 0.3) is 5.91 Å². The van der Waals surface area contributed by atoms with Crippen LogP contribution in [0.2, 0.25) is 0 Å². The first-order valence-electron chi connectivity index (χ1n) is 8.02. The highest BCUT2D eigenvalue weighted by molar-refractivity contribution is 7.80. The first kappa shape index (κ1) is 17.5. The van der Waals surface area contributed by atoms with Crippen LogP contribution in [0.3, 0.4) is 0 Å². The smallest absolute Gasteiger partial charge is 0.269 e. The molecule has 1 aromatic rings. The van der Waals surface area contributed by atoms with Gasteiger partial charge in [-0.05, 0) is 54.7 Å². The highest BCUT2D eigenvalue weighted by Gasteiger charge is 2.27. The Labute approximate surface area is 143 Å². The minimum absolute atomic E-state index is 0.234. The standard InChI is InChI=1S/C17H25N3O2S/c1-11-5-4-6-15(12(11)2)18-17(23)20-19-16(21)13-7-9-14(22-3)10-8-13/h7-12,15H,4-6H2,1-3H3,(H,19,21)(H2,18,20,23)/t11-,12+,15-/m0/s1. The lowest BCUT2D eigenvalue weighted by Gasteiger charge is -2.35. The molecule has 5 nitrogen and oxygen atoms in total. The molecule has 1 amide bonds. The fraction of sp³-hybridized carbons (Fsp3) is 0.529. The number of ether oxygens (including phenoxy) is 1. The van der Waals surface area contributed by atoms with Crippen molar-refractivity contribution in [2.45, 2.75) is 39.2 Å². The van der Waals surface area contributed by atoms with Crippen molar-refractivity contribution in [1.29, 1.82) is 0 Å². The highest BCUT2D eigenvalue weighted by atomic mass is 32.1. The number of benzene rings is 1. The lowest BCUT2D eigenvalue weighted by molar-refractivity contribution is 0.0943. The topological polar surface area (TPSA) is 62.4 Å². The van der Waals surface area contributed by atoms with Crippen LogP contribution in [0.15, 0.2) is 24.3 Å². The maximum Gasteiger partial charge on any atom is 0.269 e. The highest BCUT2D eigenvalue weighted by Crippen LogP contribution is 2.29. The van der Waals surface area contributed by atoms with Gasteiger partial charge in [0.2, 0.25) is 0 Å². The van der Waals surface area contributed by atoms with Crippen LogP contribution in [0.5, 0.6) is 5.75 Å². The van der Waals surface area contributed by atoms with Crippen LogP contribution in [0.25, 0.3) is 0 Å². The van der Waals surface area contributed by atoms with E-state index < -0.39 is 0 Å². The summed E-state index contributed by atoms with van der Waals surface area (Å²) in [7, 11) is 1.59. The van der Waals surface area contributed by atoms with Crippen LogP contribution in [-0.4, -0.2) is 24.2 Å². The first-order valence-corrected chi connectivity index (χ1v) is 8.43. The maximum atomic E-state index is 12.1. The van der Waals surface area contributed by atoms with E-state index in [1.165, 1.54) is 12.8 Å². The maximum absolute atomic E-state index is 12.1. The molecule has 0 unspecified atom stereocenters. The van der Waals surface area contributed by atoms with Gasteiger partial charge in [-0.1, -0.05) is 26.7 Å². The molecule has 0 radical (unpaired) electrons. The van der Waals surface area contributed by atoms with E-state index in [0.29, 0.717) is 34.3 Å². The normalized spacial score (nSPS) is 23.7. The molecule has 23 heavy (non-hydrogen) atoms. The number of carbonyl (C=O) groups is 1. The third kappa shape index (κ3) is 4.82. The Balaban J connectivity index is 1.80. The predicted molar refractivity (Wildman–Crippen MR) is 95.3 cm³/mol. The minimum atomic E-state index is -0.234. The summed E-state index contributed by atoms with van der Waals surface area (Å²) >= 11 is 5.28. The van der Waals surface area contributed by atoms with Gasteiger partial charge in [0.15, 0.2) is 5.11 Å². The van der Waals surface area contributed by atoms with Crippen LogP contribution < -0.4 is 20.9 Å². The summed E-state index contributed by atoms with van der Waals surface area (Å²) in [6.07, 6.45) is 3.59. The van der Waals surface area contributed by atoms with E-state index in [-0.39, 0.29) is 5.91 Å². The SMILES string of the molecule is COc1ccc(C(=O)NNC(=S)N[C@H]2CCC[C@H](C)[C@H]2C)cc1. The predicted octanol–water partition coefficient (Wildman–Crippen LogP) is 2.63. The lowest BCUT2D eigenvalue weighted by Crippen LogP contribution is -2.52. The molecule has 126 valence electrons. The fourth-order valence-electron chi connectivity index (χ4n) is 2.92. The second-order valence-corrected chi connectivity index (χ2v) is 6.56. The van der Waals surface area contributed by atoms with Crippen LogP contribution in [-0.2, 0) is 0 Å². The number of amides is 1. The van der Waals surface area contributed by atoms with Gasteiger partial charge in [0.1, 0.15) is 5.75 Å². The van der Waals surface area contributed by atoms with Crippen molar-refractivity contribution in [1.82, 2.24) is 16.2 Å². The van der Waals surface area contributed by atoms with Crippen LogP contribution in [0, 0.1) is 11.8 Å². The van der Waals surface area contributed by atoms with Crippen molar-refractivity contribution in [3.63, 3.8) is 0 Å². The molecule has 1 fully saturated rings. The number of thiocarbonyl (C=S) groups is 1. The molecular weight excluding hydrogens is 310 g/mol. The summed E-state index contributed by atoms with van der Waals surface area (Å²) in [6, 6.07) is 7.26. The molecule has 0 aliphatic heterocycles. The lowest BCUT2D eigenvalue weighted by atomic mass is 9.78. The molecule has 2 rings (SSSR count). The number of hydrogen-bond acceptors (Lipinski definition) is 3. The van der Waals surface area contributed by atoms with E-state index in [9.17, 15) is 4.79 Å². The van der Waals surface area contributed by atoms with Crippen molar-refractivity contribution >= 4 is 23.2 Å². The molecule has 1 aliphatic rings. The molecule has 1 saturated carbocycles. The Kier molecular flexibility index (Phi) is 6.21. The van der Waals surface area contributed by atoms with E-state index in [0.717, 1.165) is 6.42 Å². The molecule has 3 atom stereocenters. The van der Waals surface area contributed by atoms with E-state index in [4.69, 9.17) is 17.0 Å². The molecule has 0 bridgehead atoms. The number of carbonyl (C=O) groups excluding carboxylic acids is 1. The Hall–Kier alpha value is -1.82. The Morgan fingerprint density at radius 3 is 2.52 bits per heavy atom. The zero-order valence-corrected chi connectivity index (χ0v) is 14.7. The monoisotopic (exact) mass is 335 g/mol. The number of hydrazine groups is 1. The van der Waals surface area contributed by atoms with Gasteiger partial charge in [-0.2, -0.15) is 0 Å². The van der Waals surface area contributed by atoms with E-state index in [2.05, 4.69) is 30.0 Å². The zero-order valence-electron chi connectivity index (χ0n) is 13.9. The van der Waals surface area contributed by atoms with Crippen LogP contribution in [0.1, 0.15) is 43.5 Å². The molecule has 0 heterocycles. The fourth-order valence-corrected chi connectivity index (χ4v) is 3.12. The molecule has 3 N–H and O–H groups in total. The average molecular weight is 335 g/mol.